The van der Waals surface area contributed by atoms with Crippen LogP contribution in [-0.2, 0) is 26.2 Å². The summed E-state index contributed by atoms with van der Waals surface area (Å²) in [6.45, 7) is 5.95. The van der Waals surface area contributed by atoms with Crippen LogP contribution >= 0.6 is 0 Å². The molecule has 0 bridgehead atoms. The lowest BCUT2D eigenvalue weighted by Gasteiger charge is -2.26. The van der Waals surface area contributed by atoms with Gasteiger partial charge >= 0.3 is 5.97 Å². The van der Waals surface area contributed by atoms with Gasteiger partial charge in [-0.3, -0.25) is 14.4 Å². The van der Waals surface area contributed by atoms with Crippen molar-refractivity contribution in [2.75, 3.05) is 11.4 Å². The number of rotatable bonds is 10. The summed E-state index contributed by atoms with van der Waals surface area (Å²) in [5.41, 5.74) is 1.78. The number of aldehydes is 1. The predicted octanol–water partition coefficient (Wildman–Crippen LogP) is 2.35. The first-order chi connectivity index (χ1) is 14.2. The molecule has 0 spiro atoms. The summed E-state index contributed by atoms with van der Waals surface area (Å²) in [6.07, 6.45) is 1.76. The molecular formula is C22H29N3O5. The number of fused-ring (bicyclic) bond motifs is 1. The fraction of sp³-hybridized carbons (Fsp3) is 0.455. The Morgan fingerprint density at radius 3 is 2.43 bits per heavy atom. The summed E-state index contributed by atoms with van der Waals surface area (Å²) >= 11 is 0. The quantitative estimate of drug-likeness (QED) is 0.579. The number of benzene rings is 1. The van der Waals surface area contributed by atoms with Crippen LogP contribution in [0.3, 0.4) is 0 Å². The molecule has 0 radical (unpaired) electrons. The Morgan fingerprint density at radius 2 is 1.87 bits per heavy atom. The van der Waals surface area contributed by atoms with Crippen molar-refractivity contribution in [3.63, 3.8) is 0 Å². The van der Waals surface area contributed by atoms with Gasteiger partial charge in [0, 0.05) is 43.0 Å². The van der Waals surface area contributed by atoms with Crippen molar-refractivity contribution in [3.05, 3.63) is 30.5 Å². The summed E-state index contributed by atoms with van der Waals surface area (Å²) in [5, 5.41) is 12.3. The number of carboxylic acid groups (broad SMARTS) is 1. The molecule has 2 unspecified atom stereocenters. The van der Waals surface area contributed by atoms with Crippen LogP contribution in [0.15, 0.2) is 30.5 Å². The molecule has 1 heterocycles. The zero-order chi connectivity index (χ0) is 22.4. The van der Waals surface area contributed by atoms with Crippen LogP contribution in [0.4, 0.5) is 5.69 Å². The predicted molar refractivity (Wildman–Crippen MR) is 114 cm³/mol. The zero-order valence-corrected chi connectivity index (χ0v) is 17.8. The number of aryl methyl sites for hydroxylation is 1. The van der Waals surface area contributed by atoms with E-state index in [-0.39, 0.29) is 18.2 Å². The summed E-state index contributed by atoms with van der Waals surface area (Å²) in [6, 6.07) is 6.66. The Morgan fingerprint density at radius 1 is 1.20 bits per heavy atom. The number of aromatic nitrogens is 1. The molecule has 0 fully saturated rings. The van der Waals surface area contributed by atoms with Gasteiger partial charge < -0.3 is 24.7 Å². The van der Waals surface area contributed by atoms with Gasteiger partial charge in [0.15, 0.2) is 0 Å². The minimum Gasteiger partial charge on any atom is -0.481 e. The Kier molecular flexibility index (Phi) is 7.74. The summed E-state index contributed by atoms with van der Waals surface area (Å²) in [5.74, 6) is -2.73. The van der Waals surface area contributed by atoms with Crippen molar-refractivity contribution in [2.24, 2.45) is 18.9 Å². The number of amides is 2. The van der Waals surface area contributed by atoms with Gasteiger partial charge in [-0.1, -0.05) is 32.0 Å². The maximum atomic E-state index is 13.2. The summed E-state index contributed by atoms with van der Waals surface area (Å²) in [7, 11) is 1.91. The molecule has 8 heteroatoms. The van der Waals surface area contributed by atoms with Crippen LogP contribution in [0.5, 0.6) is 0 Å². The zero-order valence-electron chi connectivity index (χ0n) is 17.8. The van der Waals surface area contributed by atoms with E-state index in [1.54, 1.807) is 4.90 Å². The van der Waals surface area contributed by atoms with E-state index >= 15 is 0 Å². The molecule has 1 aromatic heterocycles. The number of nitrogens with one attached hydrogen (secondary N) is 1. The lowest BCUT2D eigenvalue weighted by molar-refractivity contribution is -0.139. The van der Waals surface area contributed by atoms with E-state index in [0.29, 0.717) is 12.8 Å². The van der Waals surface area contributed by atoms with Crippen LogP contribution in [0.2, 0.25) is 0 Å². The molecule has 30 heavy (non-hydrogen) atoms. The largest absolute Gasteiger partial charge is 0.481 e. The van der Waals surface area contributed by atoms with E-state index in [1.165, 1.54) is 0 Å². The first-order valence-electron chi connectivity index (χ1n) is 10.0. The van der Waals surface area contributed by atoms with Gasteiger partial charge in [-0.25, -0.2) is 0 Å². The standard InChI is InChI=1S/C22H29N3O5/c1-5-25(19-12-24(4)18-9-7-6-8-16(18)19)20(27)11-17(14(2)3)22(30)23-15(13-26)10-21(28)29/h6-9,12-15,17H,5,10-11H2,1-4H3,(H,23,30)(H,28,29). The average molecular weight is 415 g/mol. The monoisotopic (exact) mass is 415 g/mol. The molecule has 2 aromatic rings. The molecule has 0 saturated carbocycles. The average Bonchev–Trinajstić information content (AvgIpc) is 3.02. The highest BCUT2D eigenvalue weighted by atomic mass is 16.4. The van der Waals surface area contributed by atoms with Crippen molar-refractivity contribution < 1.29 is 24.3 Å². The minimum absolute atomic E-state index is 0.0425. The Bertz CT molecular complexity index is 934. The topological polar surface area (TPSA) is 109 Å². The third-order valence-corrected chi connectivity index (χ3v) is 5.21. The van der Waals surface area contributed by atoms with Gasteiger partial charge in [0.05, 0.1) is 18.2 Å². The van der Waals surface area contributed by atoms with E-state index in [2.05, 4.69) is 5.32 Å². The van der Waals surface area contributed by atoms with E-state index < -0.39 is 30.3 Å². The number of hydrogen-bond acceptors (Lipinski definition) is 4. The highest BCUT2D eigenvalue weighted by Crippen LogP contribution is 2.30. The van der Waals surface area contributed by atoms with Crippen LogP contribution in [0, 0.1) is 11.8 Å². The molecule has 162 valence electrons. The minimum atomic E-state index is -1.18. The Balaban J connectivity index is 2.22. The number of hydrogen-bond donors (Lipinski definition) is 2. The van der Waals surface area contributed by atoms with Gasteiger partial charge in [0.1, 0.15) is 6.29 Å². The highest BCUT2D eigenvalue weighted by molar-refractivity contribution is 6.04. The van der Waals surface area contributed by atoms with Crippen molar-refractivity contribution >= 4 is 40.7 Å². The lowest BCUT2D eigenvalue weighted by atomic mass is 9.90. The molecule has 2 amide bonds. The van der Waals surface area contributed by atoms with Gasteiger partial charge in [0.25, 0.3) is 0 Å². The van der Waals surface area contributed by atoms with Crippen molar-refractivity contribution in [2.45, 2.75) is 39.7 Å². The molecule has 0 aliphatic rings. The molecule has 0 aliphatic heterocycles. The SMILES string of the molecule is CCN(C(=O)CC(C(=O)NC(C=O)CC(=O)O)C(C)C)c1cn(C)c2ccccc12. The van der Waals surface area contributed by atoms with Crippen LogP contribution in [-0.4, -0.2) is 46.3 Å². The Labute approximate surface area is 175 Å². The van der Waals surface area contributed by atoms with Gasteiger partial charge in [-0.2, -0.15) is 0 Å². The number of carbonyl (C=O) groups excluding carboxylic acids is 3. The number of aliphatic carboxylic acids is 1. The second-order valence-corrected chi connectivity index (χ2v) is 7.68. The number of anilines is 1. The molecule has 1 aromatic carbocycles. The molecule has 8 nitrogen and oxygen atoms in total. The normalized spacial score (nSPS) is 13.1. The lowest BCUT2D eigenvalue weighted by Crippen LogP contribution is -2.44. The second kappa shape index (κ2) is 10.0. The Hall–Kier alpha value is -3.16. The fourth-order valence-corrected chi connectivity index (χ4v) is 3.56. The maximum absolute atomic E-state index is 13.2. The van der Waals surface area contributed by atoms with E-state index in [9.17, 15) is 19.2 Å². The highest BCUT2D eigenvalue weighted by Gasteiger charge is 2.30. The van der Waals surface area contributed by atoms with Gasteiger partial charge in [-0.05, 0) is 18.9 Å². The van der Waals surface area contributed by atoms with Crippen molar-refractivity contribution in [3.8, 4) is 0 Å². The molecule has 2 atom stereocenters. The fourth-order valence-electron chi connectivity index (χ4n) is 3.56. The van der Waals surface area contributed by atoms with Crippen molar-refractivity contribution in [1.82, 2.24) is 9.88 Å². The number of nitrogens with zero attached hydrogens (tertiary/aromatic N) is 2. The summed E-state index contributed by atoms with van der Waals surface area (Å²) in [4.78, 5) is 49.5. The first-order valence-corrected chi connectivity index (χ1v) is 10.0. The molecular weight excluding hydrogens is 386 g/mol. The van der Waals surface area contributed by atoms with E-state index in [1.807, 2.05) is 62.8 Å². The van der Waals surface area contributed by atoms with Gasteiger partial charge in [0.2, 0.25) is 11.8 Å². The van der Waals surface area contributed by atoms with Crippen molar-refractivity contribution in [1.29, 1.82) is 0 Å². The molecule has 2 N–H and O–H groups in total. The number of para-hydroxylation sites is 1. The third-order valence-electron chi connectivity index (χ3n) is 5.21. The third kappa shape index (κ3) is 5.25. The van der Waals surface area contributed by atoms with Gasteiger partial charge in [-0.15, -0.1) is 0 Å². The van der Waals surface area contributed by atoms with E-state index in [4.69, 9.17) is 5.11 Å². The number of carbonyl (C=O) groups is 4. The molecule has 2 rings (SSSR count). The molecule has 0 saturated heterocycles. The molecule has 0 aliphatic carbocycles. The second-order valence-electron chi connectivity index (χ2n) is 7.68. The van der Waals surface area contributed by atoms with Crippen LogP contribution in [0.1, 0.15) is 33.6 Å². The first kappa shape index (κ1) is 23.1. The summed E-state index contributed by atoms with van der Waals surface area (Å²) < 4.78 is 1.95. The smallest absolute Gasteiger partial charge is 0.305 e. The maximum Gasteiger partial charge on any atom is 0.305 e. The number of carboxylic acids is 1. The van der Waals surface area contributed by atoms with E-state index in [0.717, 1.165) is 16.6 Å². The van der Waals surface area contributed by atoms with Crippen LogP contribution in [0.25, 0.3) is 10.9 Å². The van der Waals surface area contributed by atoms with Crippen LogP contribution < -0.4 is 10.2 Å².